The minimum absolute atomic E-state index is 0.195. The summed E-state index contributed by atoms with van der Waals surface area (Å²) in [5, 5.41) is 0. The molecule has 4 aliphatic rings. The molecule has 26 heavy (non-hydrogen) atoms. The monoisotopic (exact) mass is 373 g/mol. The van der Waals surface area contributed by atoms with Crippen molar-refractivity contribution in [3.05, 3.63) is 0 Å². The summed E-state index contributed by atoms with van der Waals surface area (Å²) in [6.07, 6.45) is -1.40. The van der Waals surface area contributed by atoms with Crippen LogP contribution in [0, 0.1) is 0 Å². The van der Waals surface area contributed by atoms with Crippen molar-refractivity contribution in [2.24, 2.45) is 0 Å². The van der Waals surface area contributed by atoms with Gasteiger partial charge in [-0.25, -0.2) is 0 Å². The first kappa shape index (κ1) is 19.0. The normalized spacial score (nSPS) is 42.2. The second kappa shape index (κ2) is 7.25. The highest BCUT2D eigenvalue weighted by Gasteiger charge is 2.58. The summed E-state index contributed by atoms with van der Waals surface area (Å²) in [4.78, 5) is 2.35. The molecule has 0 aromatic rings. The van der Waals surface area contributed by atoms with E-state index in [1.54, 1.807) is 0 Å². The van der Waals surface area contributed by atoms with Gasteiger partial charge in [0.1, 0.15) is 24.4 Å². The molecule has 0 spiro atoms. The van der Waals surface area contributed by atoms with Crippen molar-refractivity contribution in [2.45, 2.75) is 70.0 Å². The van der Waals surface area contributed by atoms with E-state index in [0.29, 0.717) is 13.2 Å². The quantitative estimate of drug-likeness (QED) is 0.699. The van der Waals surface area contributed by atoms with Gasteiger partial charge < -0.3 is 33.2 Å². The minimum atomic E-state index is -0.668. The van der Waals surface area contributed by atoms with Crippen LogP contribution in [-0.4, -0.2) is 93.2 Å². The molecule has 0 aromatic carbocycles. The highest BCUT2D eigenvalue weighted by atomic mass is 16.8. The Balaban J connectivity index is 1.38. The van der Waals surface area contributed by atoms with Crippen LogP contribution in [0.15, 0.2) is 0 Å². The number of hydrogen-bond acceptors (Lipinski definition) is 8. The number of nitrogens with zero attached hydrogens (tertiary/aromatic N) is 1. The topological polar surface area (TPSA) is 67.9 Å². The second-order valence-corrected chi connectivity index (χ2v) is 8.23. The zero-order valence-corrected chi connectivity index (χ0v) is 16.1. The fourth-order valence-electron chi connectivity index (χ4n) is 4.01. The molecule has 150 valence electrons. The number of ether oxygens (including phenoxy) is 7. The van der Waals surface area contributed by atoms with Crippen LogP contribution in [0.4, 0.5) is 0 Å². The molecular weight excluding hydrogens is 342 g/mol. The van der Waals surface area contributed by atoms with Crippen LogP contribution in [0.3, 0.4) is 0 Å². The predicted octanol–water partition coefficient (Wildman–Crippen LogP) is 0.732. The van der Waals surface area contributed by atoms with Crippen molar-refractivity contribution in [1.82, 2.24) is 4.90 Å². The highest BCUT2D eigenvalue weighted by Crippen LogP contribution is 2.41. The van der Waals surface area contributed by atoms with Crippen molar-refractivity contribution in [3.63, 3.8) is 0 Å². The fraction of sp³-hybridized carbons (Fsp3) is 1.00. The van der Waals surface area contributed by atoms with Gasteiger partial charge in [-0.1, -0.05) is 0 Å². The standard InChI is InChI=1S/C18H31NO7/c1-17(2)22-11-12(24-17)13-14(15-16(23-13)26-18(3,4)25-15)21-10-7-19-5-8-20-9-6-19/h12-16H,5-11H2,1-4H3. The van der Waals surface area contributed by atoms with E-state index < -0.39 is 17.9 Å². The van der Waals surface area contributed by atoms with E-state index in [-0.39, 0.29) is 24.4 Å². The van der Waals surface area contributed by atoms with Crippen LogP contribution >= 0.6 is 0 Å². The van der Waals surface area contributed by atoms with Crippen LogP contribution in [-0.2, 0) is 33.2 Å². The minimum Gasteiger partial charge on any atom is -0.379 e. The van der Waals surface area contributed by atoms with Crippen LogP contribution in [0.1, 0.15) is 27.7 Å². The summed E-state index contributed by atoms with van der Waals surface area (Å²) in [5.74, 6) is -1.27. The van der Waals surface area contributed by atoms with Crippen molar-refractivity contribution < 1.29 is 33.2 Å². The molecule has 4 fully saturated rings. The highest BCUT2D eigenvalue weighted by molar-refractivity contribution is 4.98. The lowest BCUT2D eigenvalue weighted by Gasteiger charge is -2.30. The zero-order valence-electron chi connectivity index (χ0n) is 16.1. The molecule has 4 aliphatic heterocycles. The predicted molar refractivity (Wildman–Crippen MR) is 90.6 cm³/mol. The first-order valence-electron chi connectivity index (χ1n) is 9.58. The van der Waals surface area contributed by atoms with E-state index in [1.807, 2.05) is 27.7 Å². The van der Waals surface area contributed by atoms with Crippen LogP contribution < -0.4 is 0 Å². The van der Waals surface area contributed by atoms with Crippen LogP contribution in [0.5, 0.6) is 0 Å². The van der Waals surface area contributed by atoms with Gasteiger partial charge >= 0.3 is 0 Å². The second-order valence-electron chi connectivity index (χ2n) is 8.23. The molecule has 4 saturated heterocycles. The van der Waals surface area contributed by atoms with E-state index in [4.69, 9.17) is 33.2 Å². The van der Waals surface area contributed by atoms with Crippen molar-refractivity contribution in [2.75, 3.05) is 46.1 Å². The van der Waals surface area contributed by atoms with E-state index in [9.17, 15) is 0 Å². The number of fused-ring (bicyclic) bond motifs is 1. The van der Waals surface area contributed by atoms with E-state index in [1.165, 1.54) is 0 Å². The molecule has 5 atom stereocenters. The third kappa shape index (κ3) is 4.07. The molecule has 0 saturated carbocycles. The molecule has 0 N–H and O–H groups in total. The summed E-state index contributed by atoms with van der Waals surface area (Å²) >= 11 is 0. The fourth-order valence-corrected chi connectivity index (χ4v) is 4.01. The summed E-state index contributed by atoms with van der Waals surface area (Å²) in [5.41, 5.74) is 0. The van der Waals surface area contributed by atoms with Gasteiger partial charge in [-0.05, 0) is 27.7 Å². The molecule has 0 aliphatic carbocycles. The Morgan fingerprint density at radius 2 is 1.73 bits per heavy atom. The molecule has 5 unspecified atom stereocenters. The molecule has 0 amide bonds. The number of hydrogen-bond donors (Lipinski definition) is 0. The summed E-state index contributed by atoms with van der Waals surface area (Å²) < 4.78 is 41.5. The third-order valence-corrected chi connectivity index (χ3v) is 5.25. The van der Waals surface area contributed by atoms with Gasteiger partial charge in [0.05, 0.1) is 26.4 Å². The maximum atomic E-state index is 6.26. The Kier molecular flexibility index (Phi) is 5.31. The Morgan fingerprint density at radius 1 is 0.962 bits per heavy atom. The number of rotatable bonds is 5. The summed E-state index contributed by atoms with van der Waals surface area (Å²) in [7, 11) is 0. The molecule has 4 heterocycles. The lowest BCUT2D eigenvalue weighted by atomic mass is 10.1. The third-order valence-electron chi connectivity index (χ3n) is 5.25. The first-order chi connectivity index (χ1) is 12.3. The molecular formula is C18H31NO7. The van der Waals surface area contributed by atoms with Gasteiger partial charge in [0, 0.05) is 19.6 Å². The molecule has 0 bridgehead atoms. The van der Waals surface area contributed by atoms with Gasteiger partial charge in [0.2, 0.25) is 0 Å². The Morgan fingerprint density at radius 3 is 2.42 bits per heavy atom. The largest absolute Gasteiger partial charge is 0.379 e. The SMILES string of the molecule is CC1(C)OCC(C2OC3OC(C)(C)OC3C2OCCN2CCOCC2)O1. The summed E-state index contributed by atoms with van der Waals surface area (Å²) in [6, 6.07) is 0. The maximum Gasteiger partial charge on any atom is 0.190 e. The van der Waals surface area contributed by atoms with Crippen molar-refractivity contribution in [3.8, 4) is 0 Å². The van der Waals surface area contributed by atoms with Gasteiger partial charge in [-0.2, -0.15) is 0 Å². The van der Waals surface area contributed by atoms with Crippen molar-refractivity contribution >= 4 is 0 Å². The van der Waals surface area contributed by atoms with Gasteiger partial charge in [0.15, 0.2) is 17.9 Å². The molecule has 4 rings (SSSR count). The Bertz CT molecular complexity index is 494. The maximum absolute atomic E-state index is 6.26. The molecule has 0 radical (unpaired) electrons. The number of morpholine rings is 1. The Hall–Kier alpha value is -0.320. The van der Waals surface area contributed by atoms with Crippen LogP contribution in [0.25, 0.3) is 0 Å². The smallest absolute Gasteiger partial charge is 0.190 e. The van der Waals surface area contributed by atoms with Gasteiger partial charge in [-0.15, -0.1) is 0 Å². The van der Waals surface area contributed by atoms with Crippen molar-refractivity contribution in [1.29, 1.82) is 0 Å². The van der Waals surface area contributed by atoms with Gasteiger partial charge in [-0.3, -0.25) is 4.90 Å². The summed E-state index contributed by atoms with van der Waals surface area (Å²) in [6.45, 7) is 13.0. The zero-order chi connectivity index (χ0) is 18.4. The first-order valence-corrected chi connectivity index (χ1v) is 9.58. The Labute approximate surface area is 154 Å². The van der Waals surface area contributed by atoms with E-state index in [0.717, 1.165) is 32.8 Å². The molecule has 8 heteroatoms. The lowest BCUT2D eigenvalue weighted by molar-refractivity contribution is -0.236. The average molecular weight is 373 g/mol. The van der Waals surface area contributed by atoms with Crippen LogP contribution in [0.2, 0.25) is 0 Å². The molecule has 0 aromatic heterocycles. The molecule has 8 nitrogen and oxygen atoms in total. The van der Waals surface area contributed by atoms with E-state index in [2.05, 4.69) is 4.90 Å². The van der Waals surface area contributed by atoms with E-state index >= 15 is 0 Å². The van der Waals surface area contributed by atoms with Gasteiger partial charge in [0.25, 0.3) is 0 Å². The average Bonchev–Trinajstić information content (AvgIpc) is 3.18. The lowest BCUT2D eigenvalue weighted by Crippen LogP contribution is -2.45.